The van der Waals surface area contributed by atoms with E-state index in [1.165, 1.54) is 28.4 Å². The first-order valence-electron chi connectivity index (χ1n) is 7.75. The number of hydrogen-bond donors (Lipinski definition) is 0. The SMILES string of the molecule is COC(=O)N1CCN(S(=O)(=O)c2ccc3c(c2)OCCCO3)CC1. The number of ether oxygens (including phenoxy) is 3. The Labute approximate surface area is 140 Å². The molecular weight excluding hydrogens is 336 g/mol. The van der Waals surface area contributed by atoms with E-state index in [0.29, 0.717) is 37.8 Å². The van der Waals surface area contributed by atoms with Crippen molar-refractivity contribution in [1.82, 2.24) is 9.21 Å². The van der Waals surface area contributed by atoms with Gasteiger partial charge in [0.15, 0.2) is 11.5 Å². The summed E-state index contributed by atoms with van der Waals surface area (Å²) < 4.78 is 42.7. The minimum atomic E-state index is -3.64. The van der Waals surface area contributed by atoms with Crippen LogP contribution in [0.3, 0.4) is 0 Å². The fraction of sp³-hybridized carbons (Fsp3) is 0.533. The molecule has 1 fully saturated rings. The molecule has 132 valence electrons. The maximum atomic E-state index is 12.8. The Kier molecular flexibility index (Phi) is 4.81. The van der Waals surface area contributed by atoms with Crippen LogP contribution in [0.15, 0.2) is 23.1 Å². The zero-order chi connectivity index (χ0) is 17.2. The molecule has 0 N–H and O–H groups in total. The number of hydrogen-bond acceptors (Lipinski definition) is 6. The van der Waals surface area contributed by atoms with E-state index < -0.39 is 16.1 Å². The third-order valence-electron chi connectivity index (χ3n) is 4.03. The smallest absolute Gasteiger partial charge is 0.409 e. The molecule has 0 atom stereocenters. The van der Waals surface area contributed by atoms with E-state index in [1.54, 1.807) is 6.07 Å². The van der Waals surface area contributed by atoms with Crippen molar-refractivity contribution in [2.45, 2.75) is 11.3 Å². The van der Waals surface area contributed by atoms with Crippen molar-refractivity contribution in [3.63, 3.8) is 0 Å². The number of rotatable bonds is 2. The highest BCUT2D eigenvalue weighted by Crippen LogP contribution is 2.33. The molecule has 2 aliphatic rings. The molecule has 0 bridgehead atoms. The molecule has 0 aromatic heterocycles. The summed E-state index contributed by atoms with van der Waals surface area (Å²) in [6, 6.07) is 4.65. The van der Waals surface area contributed by atoms with Crippen molar-refractivity contribution in [3.05, 3.63) is 18.2 Å². The molecule has 8 nitrogen and oxygen atoms in total. The average molecular weight is 356 g/mol. The van der Waals surface area contributed by atoms with Crippen LogP contribution in [-0.4, -0.2) is 70.2 Å². The van der Waals surface area contributed by atoms with Crippen LogP contribution in [-0.2, 0) is 14.8 Å². The summed E-state index contributed by atoms with van der Waals surface area (Å²) in [6.07, 6.45) is 0.314. The second-order valence-corrected chi connectivity index (χ2v) is 7.46. The summed E-state index contributed by atoms with van der Waals surface area (Å²) in [5.41, 5.74) is 0. The zero-order valence-electron chi connectivity index (χ0n) is 13.4. The standard InChI is InChI=1S/C15H20N2O6S/c1-21-15(18)16-5-7-17(8-6-16)24(19,20)12-3-4-13-14(11-12)23-10-2-9-22-13/h3-4,11H,2,5-10H2,1H3. The van der Waals surface area contributed by atoms with Crippen molar-refractivity contribution >= 4 is 16.1 Å². The van der Waals surface area contributed by atoms with Crippen molar-refractivity contribution in [2.75, 3.05) is 46.5 Å². The molecule has 0 unspecified atom stereocenters. The number of amides is 1. The van der Waals surface area contributed by atoms with Crippen molar-refractivity contribution in [2.24, 2.45) is 0 Å². The van der Waals surface area contributed by atoms with Crippen LogP contribution < -0.4 is 9.47 Å². The quantitative estimate of drug-likeness (QED) is 0.783. The summed E-state index contributed by atoms with van der Waals surface area (Å²) in [7, 11) is -2.34. The summed E-state index contributed by atoms with van der Waals surface area (Å²) in [4.78, 5) is 13.1. The largest absolute Gasteiger partial charge is 0.490 e. The lowest BCUT2D eigenvalue weighted by molar-refractivity contribution is 0.108. The first-order chi connectivity index (χ1) is 11.5. The van der Waals surface area contributed by atoms with Gasteiger partial charge < -0.3 is 19.1 Å². The van der Waals surface area contributed by atoms with Crippen molar-refractivity contribution in [3.8, 4) is 11.5 Å². The topological polar surface area (TPSA) is 85.4 Å². The molecule has 24 heavy (non-hydrogen) atoms. The number of fused-ring (bicyclic) bond motifs is 1. The predicted molar refractivity (Wildman–Crippen MR) is 84.8 cm³/mol. The first kappa shape index (κ1) is 16.8. The minimum Gasteiger partial charge on any atom is -0.490 e. The lowest BCUT2D eigenvalue weighted by atomic mass is 10.3. The van der Waals surface area contributed by atoms with Gasteiger partial charge in [0, 0.05) is 38.7 Å². The fourth-order valence-corrected chi connectivity index (χ4v) is 4.13. The monoisotopic (exact) mass is 356 g/mol. The number of carbonyl (C=O) groups is 1. The Bertz CT molecular complexity index is 713. The van der Waals surface area contributed by atoms with E-state index in [-0.39, 0.29) is 18.0 Å². The predicted octanol–water partition coefficient (Wildman–Crippen LogP) is 0.921. The lowest BCUT2D eigenvalue weighted by Gasteiger charge is -2.33. The molecule has 2 aliphatic heterocycles. The number of sulfonamides is 1. The number of methoxy groups -OCH3 is 1. The number of nitrogens with zero attached hydrogens (tertiary/aromatic N) is 2. The van der Waals surface area contributed by atoms with Gasteiger partial charge in [-0.15, -0.1) is 0 Å². The van der Waals surface area contributed by atoms with E-state index >= 15 is 0 Å². The van der Waals surface area contributed by atoms with Gasteiger partial charge in [0.05, 0.1) is 25.2 Å². The Morgan fingerprint density at radius 2 is 1.75 bits per heavy atom. The van der Waals surface area contributed by atoms with E-state index in [0.717, 1.165) is 6.42 Å². The van der Waals surface area contributed by atoms with Gasteiger partial charge in [0.2, 0.25) is 10.0 Å². The van der Waals surface area contributed by atoms with E-state index in [1.807, 2.05) is 0 Å². The average Bonchev–Trinajstić information content (AvgIpc) is 2.85. The van der Waals surface area contributed by atoms with Crippen LogP contribution in [0.2, 0.25) is 0 Å². The second kappa shape index (κ2) is 6.86. The molecule has 9 heteroatoms. The van der Waals surface area contributed by atoms with Crippen LogP contribution in [0, 0.1) is 0 Å². The van der Waals surface area contributed by atoms with Gasteiger partial charge in [0.1, 0.15) is 0 Å². The zero-order valence-corrected chi connectivity index (χ0v) is 14.3. The molecule has 0 radical (unpaired) electrons. The third kappa shape index (κ3) is 3.27. The highest BCUT2D eigenvalue weighted by atomic mass is 32.2. The van der Waals surface area contributed by atoms with Gasteiger partial charge >= 0.3 is 6.09 Å². The van der Waals surface area contributed by atoms with Crippen LogP contribution in [0.4, 0.5) is 4.79 Å². The van der Waals surface area contributed by atoms with Crippen LogP contribution in [0.5, 0.6) is 11.5 Å². The molecule has 1 amide bonds. The van der Waals surface area contributed by atoms with Crippen LogP contribution in [0.1, 0.15) is 6.42 Å². The first-order valence-corrected chi connectivity index (χ1v) is 9.19. The minimum absolute atomic E-state index is 0.165. The number of benzene rings is 1. The molecule has 1 aromatic carbocycles. The van der Waals surface area contributed by atoms with Gasteiger partial charge in [-0.25, -0.2) is 13.2 Å². The van der Waals surface area contributed by atoms with Gasteiger partial charge in [-0.1, -0.05) is 0 Å². The van der Waals surface area contributed by atoms with Gasteiger partial charge in [-0.05, 0) is 12.1 Å². The van der Waals surface area contributed by atoms with Gasteiger partial charge in [0.25, 0.3) is 0 Å². The highest BCUT2D eigenvalue weighted by Gasteiger charge is 2.31. The van der Waals surface area contributed by atoms with E-state index in [4.69, 9.17) is 9.47 Å². The van der Waals surface area contributed by atoms with Crippen molar-refractivity contribution in [1.29, 1.82) is 0 Å². The third-order valence-corrected chi connectivity index (χ3v) is 5.92. The molecule has 1 aromatic rings. The number of carbonyl (C=O) groups excluding carboxylic acids is 1. The molecular formula is C15H20N2O6S. The molecule has 0 aliphatic carbocycles. The lowest BCUT2D eigenvalue weighted by Crippen LogP contribution is -2.50. The fourth-order valence-electron chi connectivity index (χ4n) is 2.69. The second-order valence-electron chi connectivity index (χ2n) is 5.52. The molecule has 0 spiro atoms. The molecule has 1 saturated heterocycles. The Morgan fingerprint density at radius 3 is 2.42 bits per heavy atom. The maximum absolute atomic E-state index is 12.8. The molecule has 0 saturated carbocycles. The van der Waals surface area contributed by atoms with Crippen LogP contribution >= 0.6 is 0 Å². The summed E-state index contributed by atoms with van der Waals surface area (Å²) in [6.45, 7) is 2.10. The maximum Gasteiger partial charge on any atom is 0.409 e. The Balaban J connectivity index is 1.77. The van der Waals surface area contributed by atoms with Crippen LogP contribution in [0.25, 0.3) is 0 Å². The van der Waals surface area contributed by atoms with E-state index in [2.05, 4.69) is 4.74 Å². The van der Waals surface area contributed by atoms with Gasteiger partial charge in [-0.3, -0.25) is 0 Å². The normalized spacial score (nSPS) is 18.8. The Hall–Kier alpha value is -2.00. The number of piperazine rings is 1. The summed E-state index contributed by atoms with van der Waals surface area (Å²) in [5, 5.41) is 0. The van der Waals surface area contributed by atoms with Gasteiger partial charge in [-0.2, -0.15) is 4.31 Å². The molecule has 3 rings (SSSR count). The molecule has 2 heterocycles. The van der Waals surface area contributed by atoms with E-state index in [9.17, 15) is 13.2 Å². The summed E-state index contributed by atoms with van der Waals surface area (Å²) in [5.74, 6) is 1.00. The summed E-state index contributed by atoms with van der Waals surface area (Å²) >= 11 is 0. The highest BCUT2D eigenvalue weighted by molar-refractivity contribution is 7.89. The van der Waals surface area contributed by atoms with Crippen molar-refractivity contribution < 1.29 is 27.4 Å². The Morgan fingerprint density at radius 1 is 1.08 bits per heavy atom.